The lowest BCUT2D eigenvalue weighted by Crippen LogP contribution is -2.36. The number of hydrogen-bond donors (Lipinski definition) is 0. The largest absolute Gasteiger partial charge is 0.378 e. The van der Waals surface area contributed by atoms with Gasteiger partial charge in [0.15, 0.2) is 11.4 Å². The van der Waals surface area contributed by atoms with E-state index < -0.39 is 0 Å². The number of benzene rings is 2. The number of nitrogens with zero attached hydrogens (tertiary/aromatic N) is 6. The molecule has 1 fully saturated rings. The molecule has 186 valence electrons. The van der Waals surface area contributed by atoms with Crippen molar-refractivity contribution in [1.82, 2.24) is 19.6 Å². The summed E-state index contributed by atoms with van der Waals surface area (Å²) in [6, 6.07) is 21.0. The fraction of sp³-hybridized carbons (Fsp3) is 0.167. The van der Waals surface area contributed by atoms with Crippen LogP contribution >= 0.6 is 0 Å². The first-order valence-electron chi connectivity index (χ1n) is 12.4. The van der Waals surface area contributed by atoms with Crippen molar-refractivity contribution in [2.75, 3.05) is 31.2 Å². The molecule has 0 radical (unpaired) electrons. The molecular weight excluding hydrogens is 476 g/mol. The molecule has 0 atom stereocenters. The lowest BCUT2D eigenvalue weighted by Gasteiger charge is -2.28. The fourth-order valence-electron chi connectivity index (χ4n) is 4.83. The molecule has 0 bridgehead atoms. The van der Waals surface area contributed by atoms with Crippen LogP contribution in [0.4, 0.5) is 5.69 Å². The number of morpholine rings is 1. The summed E-state index contributed by atoms with van der Waals surface area (Å²) in [6.07, 6.45) is 5.65. The standard InChI is InChI=1S/C30H24N6O2/c1-20(37)24-3-2-4-26-25(24)11-9-23(33-26)10-12-27-29(22-7-5-21(19-31)6-8-22)36-30(34-27)28(13-14-32-36)35-15-17-38-18-16-35/h2-14H,15-18H2,1H3/b12-10+. The minimum Gasteiger partial charge on any atom is -0.378 e. The molecule has 8 heteroatoms. The Bertz CT molecular complexity index is 1740. The summed E-state index contributed by atoms with van der Waals surface area (Å²) in [7, 11) is 0. The van der Waals surface area contributed by atoms with Crippen molar-refractivity contribution in [3.63, 3.8) is 0 Å². The molecule has 5 aromatic rings. The highest BCUT2D eigenvalue weighted by Crippen LogP contribution is 2.31. The zero-order valence-electron chi connectivity index (χ0n) is 20.8. The molecule has 1 aliphatic rings. The summed E-state index contributed by atoms with van der Waals surface area (Å²) in [6.45, 7) is 4.48. The van der Waals surface area contributed by atoms with Crippen LogP contribution in [0.15, 0.2) is 66.9 Å². The van der Waals surface area contributed by atoms with E-state index in [1.807, 2.05) is 65.2 Å². The fourth-order valence-corrected chi connectivity index (χ4v) is 4.83. The lowest BCUT2D eigenvalue weighted by atomic mass is 10.0. The maximum atomic E-state index is 12.0. The summed E-state index contributed by atoms with van der Waals surface area (Å²) in [4.78, 5) is 24.0. The van der Waals surface area contributed by atoms with Gasteiger partial charge < -0.3 is 9.64 Å². The van der Waals surface area contributed by atoms with Crippen LogP contribution in [-0.2, 0) is 4.74 Å². The predicted octanol–water partition coefficient (Wildman–Crippen LogP) is 5.03. The lowest BCUT2D eigenvalue weighted by molar-refractivity contribution is 0.101. The Balaban J connectivity index is 1.47. The van der Waals surface area contributed by atoms with Gasteiger partial charge >= 0.3 is 0 Å². The van der Waals surface area contributed by atoms with Crippen LogP contribution in [-0.4, -0.2) is 51.7 Å². The van der Waals surface area contributed by atoms with Crippen molar-refractivity contribution in [3.05, 3.63) is 89.4 Å². The van der Waals surface area contributed by atoms with Gasteiger partial charge in [-0.2, -0.15) is 10.4 Å². The van der Waals surface area contributed by atoms with E-state index in [0.29, 0.717) is 24.3 Å². The zero-order chi connectivity index (χ0) is 26.1. The molecule has 1 saturated heterocycles. The van der Waals surface area contributed by atoms with Gasteiger partial charge in [-0.05, 0) is 55.5 Å². The van der Waals surface area contributed by atoms with Crippen LogP contribution in [0, 0.1) is 11.3 Å². The summed E-state index contributed by atoms with van der Waals surface area (Å²) in [5.41, 5.74) is 6.99. The molecule has 0 spiro atoms. The SMILES string of the molecule is CC(=O)c1cccc2nc(/C=C/c3nc4c(N5CCOCC5)ccnn4c3-c3ccc(C#N)cc3)ccc12. The third kappa shape index (κ3) is 4.29. The Kier molecular flexibility index (Phi) is 6.12. The molecule has 4 heterocycles. The van der Waals surface area contributed by atoms with Gasteiger partial charge in [-0.1, -0.05) is 24.3 Å². The molecule has 6 rings (SSSR count). The van der Waals surface area contributed by atoms with E-state index in [0.717, 1.165) is 58.0 Å². The average molecular weight is 501 g/mol. The van der Waals surface area contributed by atoms with Gasteiger partial charge in [0.25, 0.3) is 0 Å². The van der Waals surface area contributed by atoms with E-state index in [2.05, 4.69) is 16.1 Å². The topological polar surface area (TPSA) is 96.4 Å². The van der Waals surface area contributed by atoms with Gasteiger partial charge in [-0.3, -0.25) is 4.79 Å². The molecule has 0 saturated carbocycles. The summed E-state index contributed by atoms with van der Waals surface area (Å²) < 4.78 is 7.40. The van der Waals surface area contributed by atoms with Gasteiger partial charge in [-0.25, -0.2) is 14.5 Å². The van der Waals surface area contributed by atoms with Crippen LogP contribution in [0.2, 0.25) is 0 Å². The Morgan fingerprint density at radius 3 is 2.58 bits per heavy atom. The number of carbonyl (C=O) groups excluding carboxylic acids is 1. The van der Waals surface area contributed by atoms with Crippen LogP contribution in [0.5, 0.6) is 0 Å². The Labute approximate surface area is 219 Å². The van der Waals surface area contributed by atoms with Gasteiger partial charge in [0.05, 0.1) is 53.6 Å². The third-order valence-electron chi connectivity index (χ3n) is 6.71. The van der Waals surface area contributed by atoms with Gasteiger partial charge in [0, 0.05) is 29.6 Å². The molecule has 1 aliphatic heterocycles. The van der Waals surface area contributed by atoms with E-state index in [-0.39, 0.29) is 5.78 Å². The van der Waals surface area contributed by atoms with E-state index >= 15 is 0 Å². The van der Waals surface area contributed by atoms with Gasteiger partial charge in [0.2, 0.25) is 0 Å². The molecule has 0 aliphatic carbocycles. The van der Waals surface area contributed by atoms with Gasteiger partial charge in [-0.15, -0.1) is 0 Å². The van der Waals surface area contributed by atoms with Crippen molar-refractivity contribution < 1.29 is 9.53 Å². The maximum Gasteiger partial charge on any atom is 0.178 e. The highest BCUT2D eigenvalue weighted by molar-refractivity contribution is 6.06. The second kappa shape index (κ2) is 9.88. The Morgan fingerprint density at radius 2 is 1.82 bits per heavy atom. The number of anilines is 1. The van der Waals surface area contributed by atoms with E-state index in [1.165, 1.54) is 0 Å². The smallest absolute Gasteiger partial charge is 0.178 e. The summed E-state index contributed by atoms with van der Waals surface area (Å²) in [5.74, 6) is 0.0148. The van der Waals surface area contributed by atoms with Crippen molar-refractivity contribution >= 4 is 40.2 Å². The molecule has 0 amide bonds. The molecular formula is C30H24N6O2. The number of aromatic nitrogens is 4. The molecule has 38 heavy (non-hydrogen) atoms. The van der Waals surface area contributed by atoms with Crippen molar-refractivity contribution in [1.29, 1.82) is 5.26 Å². The van der Waals surface area contributed by atoms with Crippen LogP contribution in [0.1, 0.15) is 34.2 Å². The molecule has 3 aromatic heterocycles. The Hall–Kier alpha value is -4.87. The van der Waals surface area contributed by atoms with E-state index in [9.17, 15) is 10.1 Å². The van der Waals surface area contributed by atoms with Gasteiger partial charge in [0.1, 0.15) is 5.69 Å². The quantitative estimate of drug-likeness (QED) is 0.312. The number of imidazole rings is 1. The number of ketones is 1. The number of Topliss-reactive ketones (excluding diaryl/α,β-unsaturated/α-hetero) is 1. The first-order valence-corrected chi connectivity index (χ1v) is 12.4. The Morgan fingerprint density at radius 1 is 1.00 bits per heavy atom. The number of hydrogen-bond acceptors (Lipinski definition) is 7. The van der Waals surface area contributed by atoms with Crippen LogP contribution in [0.25, 0.3) is 40.0 Å². The molecule has 0 N–H and O–H groups in total. The zero-order valence-corrected chi connectivity index (χ0v) is 20.8. The normalized spacial score (nSPS) is 13.8. The van der Waals surface area contributed by atoms with Crippen molar-refractivity contribution in [2.24, 2.45) is 0 Å². The third-order valence-corrected chi connectivity index (χ3v) is 6.71. The summed E-state index contributed by atoms with van der Waals surface area (Å²) >= 11 is 0. The number of carbonyl (C=O) groups is 1. The number of nitriles is 1. The number of pyridine rings is 1. The number of ether oxygens (including phenoxy) is 1. The minimum atomic E-state index is 0.0148. The highest BCUT2D eigenvalue weighted by Gasteiger charge is 2.20. The molecule has 8 nitrogen and oxygen atoms in total. The minimum absolute atomic E-state index is 0.0148. The van der Waals surface area contributed by atoms with E-state index in [1.54, 1.807) is 25.3 Å². The second-order valence-electron chi connectivity index (χ2n) is 9.08. The molecule has 2 aromatic carbocycles. The molecule has 0 unspecified atom stereocenters. The number of fused-ring (bicyclic) bond motifs is 2. The van der Waals surface area contributed by atoms with Crippen molar-refractivity contribution in [3.8, 4) is 17.3 Å². The summed E-state index contributed by atoms with van der Waals surface area (Å²) in [5, 5.41) is 14.8. The first-order chi connectivity index (χ1) is 18.6. The van der Waals surface area contributed by atoms with Crippen LogP contribution < -0.4 is 4.90 Å². The van der Waals surface area contributed by atoms with E-state index in [4.69, 9.17) is 14.7 Å². The van der Waals surface area contributed by atoms with Crippen molar-refractivity contribution in [2.45, 2.75) is 6.92 Å². The van der Waals surface area contributed by atoms with Crippen LogP contribution in [0.3, 0.4) is 0 Å². The monoisotopic (exact) mass is 500 g/mol. The second-order valence-corrected chi connectivity index (χ2v) is 9.08. The predicted molar refractivity (Wildman–Crippen MR) is 147 cm³/mol. The average Bonchev–Trinajstić information content (AvgIpc) is 3.34. The first kappa shape index (κ1) is 23.5. The number of rotatable bonds is 5. The maximum absolute atomic E-state index is 12.0. The highest BCUT2D eigenvalue weighted by atomic mass is 16.5.